The molecule has 1 N–H and O–H groups in total. The molecule has 62 valence electrons. The lowest BCUT2D eigenvalue weighted by molar-refractivity contribution is -0.120. The van der Waals surface area contributed by atoms with Gasteiger partial charge in [0.05, 0.1) is 0 Å². The molecule has 0 radical (unpaired) electrons. The highest BCUT2D eigenvalue weighted by molar-refractivity contribution is 5.76. The molecule has 0 aromatic heterocycles. The number of hydrogen-bond acceptors (Lipinski definition) is 1. The minimum Gasteiger partial charge on any atom is -0.356 e. The van der Waals surface area contributed by atoms with E-state index in [0.717, 1.165) is 25.8 Å². The van der Waals surface area contributed by atoms with E-state index in [9.17, 15) is 4.79 Å². The first-order valence-corrected chi connectivity index (χ1v) is 4.20. The third-order valence-electron chi connectivity index (χ3n) is 2.10. The fourth-order valence-corrected chi connectivity index (χ4v) is 1.44. The third kappa shape index (κ3) is 2.74. The molecule has 0 saturated carbocycles. The molecule has 2 heteroatoms. The highest BCUT2D eigenvalue weighted by atomic mass is 16.1. The molecule has 2 nitrogen and oxygen atoms in total. The van der Waals surface area contributed by atoms with E-state index in [1.54, 1.807) is 0 Å². The Morgan fingerprint density at radius 2 is 2.55 bits per heavy atom. The lowest BCUT2D eigenvalue weighted by atomic mass is 10.0. The summed E-state index contributed by atoms with van der Waals surface area (Å²) in [4.78, 5) is 10.9. The topological polar surface area (TPSA) is 29.1 Å². The van der Waals surface area contributed by atoms with E-state index in [0.29, 0.717) is 12.3 Å². The Morgan fingerprint density at radius 1 is 1.73 bits per heavy atom. The zero-order valence-corrected chi connectivity index (χ0v) is 6.81. The summed E-state index contributed by atoms with van der Waals surface area (Å²) in [6, 6.07) is 0. The molecule has 11 heavy (non-hydrogen) atoms. The van der Waals surface area contributed by atoms with Crippen molar-refractivity contribution in [3.63, 3.8) is 0 Å². The summed E-state index contributed by atoms with van der Waals surface area (Å²) in [6.45, 7) is 4.53. The van der Waals surface area contributed by atoms with Gasteiger partial charge in [0.2, 0.25) is 5.91 Å². The molecule has 0 bridgehead atoms. The molecule has 0 aromatic carbocycles. The molecule has 1 atom stereocenters. The van der Waals surface area contributed by atoms with Gasteiger partial charge in [0.1, 0.15) is 0 Å². The summed E-state index contributed by atoms with van der Waals surface area (Å²) in [5, 5.41) is 2.89. The summed E-state index contributed by atoms with van der Waals surface area (Å²) < 4.78 is 0. The minimum absolute atomic E-state index is 0.205. The van der Waals surface area contributed by atoms with Crippen LogP contribution in [-0.4, -0.2) is 12.5 Å². The van der Waals surface area contributed by atoms with Gasteiger partial charge in [-0.3, -0.25) is 4.79 Å². The molecule has 1 aliphatic heterocycles. The van der Waals surface area contributed by atoms with E-state index in [1.165, 1.54) is 0 Å². The van der Waals surface area contributed by atoms with Crippen LogP contribution in [0.25, 0.3) is 0 Å². The molecule has 1 aliphatic rings. The Kier molecular flexibility index (Phi) is 3.14. The van der Waals surface area contributed by atoms with Gasteiger partial charge >= 0.3 is 0 Å². The van der Waals surface area contributed by atoms with E-state index in [4.69, 9.17) is 0 Å². The summed E-state index contributed by atoms with van der Waals surface area (Å²) >= 11 is 0. The Morgan fingerprint density at radius 3 is 3.27 bits per heavy atom. The van der Waals surface area contributed by atoms with Crippen LogP contribution in [0.1, 0.15) is 25.7 Å². The van der Waals surface area contributed by atoms with Crippen LogP contribution in [0.2, 0.25) is 0 Å². The Bertz CT molecular complexity index is 154. The first-order chi connectivity index (χ1) is 5.33. The largest absolute Gasteiger partial charge is 0.356 e. The quantitative estimate of drug-likeness (QED) is 0.598. The number of nitrogens with one attached hydrogen (secondary N) is 1. The SMILES string of the molecule is C=CCC1CCCC(=O)NC1. The molecule has 1 fully saturated rings. The van der Waals surface area contributed by atoms with E-state index in [-0.39, 0.29) is 5.91 Å². The highest BCUT2D eigenvalue weighted by Gasteiger charge is 2.13. The van der Waals surface area contributed by atoms with Crippen molar-refractivity contribution in [2.24, 2.45) is 5.92 Å². The number of amides is 1. The minimum atomic E-state index is 0.205. The number of carbonyl (C=O) groups is 1. The average molecular weight is 153 g/mol. The van der Waals surface area contributed by atoms with Gasteiger partial charge in [-0.15, -0.1) is 6.58 Å². The van der Waals surface area contributed by atoms with E-state index >= 15 is 0 Å². The van der Waals surface area contributed by atoms with Gasteiger partial charge < -0.3 is 5.32 Å². The fraction of sp³-hybridized carbons (Fsp3) is 0.667. The summed E-state index contributed by atoms with van der Waals surface area (Å²) in [5.74, 6) is 0.829. The average Bonchev–Trinajstić information content (AvgIpc) is 2.17. The molecule has 0 spiro atoms. The van der Waals surface area contributed by atoms with Crippen LogP contribution in [-0.2, 0) is 4.79 Å². The highest BCUT2D eigenvalue weighted by Crippen LogP contribution is 2.15. The number of carbonyl (C=O) groups excluding carboxylic acids is 1. The molecule has 1 saturated heterocycles. The molecule has 0 aromatic rings. The zero-order chi connectivity index (χ0) is 8.10. The van der Waals surface area contributed by atoms with Crippen LogP contribution in [0.5, 0.6) is 0 Å². The van der Waals surface area contributed by atoms with Crippen molar-refractivity contribution in [1.82, 2.24) is 5.32 Å². The van der Waals surface area contributed by atoms with Gasteiger partial charge in [-0.1, -0.05) is 6.08 Å². The molecule has 1 rings (SSSR count). The van der Waals surface area contributed by atoms with Crippen molar-refractivity contribution >= 4 is 5.91 Å². The summed E-state index contributed by atoms with van der Waals surface area (Å²) in [5.41, 5.74) is 0. The van der Waals surface area contributed by atoms with Crippen molar-refractivity contribution in [2.45, 2.75) is 25.7 Å². The Labute approximate surface area is 67.7 Å². The van der Waals surface area contributed by atoms with Crippen molar-refractivity contribution in [1.29, 1.82) is 0 Å². The monoisotopic (exact) mass is 153 g/mol. The second kappa shape index (κ2) is 4.16. The van der Waals surface area contributed by atoms with Crippen LogP contribution < -0.4 is 5.32 Å². The van der Waals surface area contributed by atoms with Crippen LogP contribution in [0.3, 0.4) is 0 Å². The van der Waals surface area contributed by atoms with Crippen LogP contribution in [0.15, 0.2) is 12.7 Å². The van der Waals surface area contributed by atoms with E-state index < -0.39 is 0 Å². The molecule has 0 aliphatic carbocycles. The van der Waals surface area contributed by atoms with Crippen LogP contribution in [0, 0.1) is 5.92 Å². The maximum atomic E-state index is 10.9. The van der Waals surface area contributed by atoms with Gasteiger partial charge in [-0.25, -0.2) is 0 Å². The normalized spacial score (nSPS) is 25.5. The Hall–Kier alpha value is -0.790. The number of hydrogen-bond donors (Lipinski definition) is 1. The standard InChI is InChI=1S/C9H15NO/c1-2-4-8-5-3-6-9(11)10-7-8/h2,8H,1,3-7H2,(H,10,11). The Balaban J connectivity index is 2.33. The molecular weight excluding hydrogens is 138 g/mol. The van der Waals surface area contributed by atoms with Crippen molar-refractivity contribution in [3.05, 3.63) is 12.7 Å². The third-order valence-corrected chi connectivity index (χ3v) is 2.10. The summed E-state index contributed by atoms with van der Waals surface area (Å²) in [6.07, 6.45) is 5.85. The number of rotatable bonds is 2. The van der Waals surface area contributed by atoms with Gasteiger partial charge in [-0.2, -0.15) is 0 Å². The van der Waals surface area contributed by atoms with E-state index in [2.05, 4.69) is 11.9 Å². The fourth-order valence-electron chi connectivity index (χ4n) is 1.44. The predicted octanol–water partition coefficient (Wildman–Crippen LogP) is 1.48. The van der Waals surface area contributed by atoms with Crippen molar-refractivity contribution < 1.29 is 4.79 Å². The van der Waals surface area contributed by atoms with E-state index in [1.807, 2.05) is 6.08 Å². The maximum absolute atomic E-state index is 10.9. The zero-order valence-electron chi connectivity index (χ0n) is 6.81. The van der Waals surface area contributed by atoms with Crippen LogP contribution >= 0.6 is 0 Å². The smallest absolute Gasteiger partial charge is 0.220 e. The van der Waals surface area contributed by atoms with Gasteiger partial charge in [0.25, 0.3) is 0 Å². The molecule has 1 heterocycles. The van der Waals surface area contributed by atoms with Gasteiger partial charge in [0, 0.05) is 13.0 Å². The molecular formula is C9H15NO. The predicted molar refractivity (Wildman–Crippen MR) is 45.2 cm³/mol. The first-order valence-electron chi connectivity index (χ1n) is 4.20. The lowest BCUT2D eigenvalue weighted by Gasteiger charge is -2.09. The van der Waals surface area contributed by atoms with Crippen LogP contribution in [0.4, 0.5) is 0 Å². The van der Waals surface area contributed by atoms with Crippen molar-refractivity contribution in [2.75, 3.05) is 6.54 Å². The van der Waals surface area contributed by atoms with Crippen molar-refractivity contribution in [3.8, 4) is 0 Å². The second-order valence-corrected chi connectivity index (χ2v) is 3.09. The van der Waals surface area contributed by atoms with Gasteiger partial charge in [0.15, 0.2) is 0 Å². The summed E-state index contributed by atoms with van der Waals surface area (Å²) in [7, 11) is 0. The molecule has 1 unspecified atom stereocenters. The van der Waals surface area contributed by atoms with Gasteiger partial charge in [-0.05, 0) is 25.2 Å². The second-order valence-electron chi connectivity index (χ2n) is 3.09. The first kappa shape index (κ1) is 8.31. The number of allylic oxidation sites excluding steroid dienone is 1. The molecule has 1 amide bonds. The lowest BCUT2D eigenvalue weighted by Crippen LogP contribution is -2.25. The maximum Gasteiger partial charge on any atom is 0.220 e.